The second-order valence-corrected chi connectivity index (χ2v) is 2.82. The summed E-state index contributed by atoms with van der Waals surface area (Å²) in [6.07, 6.45) is 0.324. The largest absolute Gasteiger partial charge is 0.288 e. The molecular formula is C10H12N2O. The zero-order chi connectivity index (χ0) is 9.68. The second-order valence-electron chi connectivity index (χ2n) is 2.82. The lowest BCUT2D eigenvalue weighted by atomic mass is 10.2. The number of hydrogen-bond donors (Lipinski definition) is 1. The van der Waals surface area contributed by atoms with Gasteiger partial charge in [-0.25, -0.2) is 0 Å². The second kappa shape index (κ2) is 4.48. The number of hydroxylamine groups is 1. The van der Waals surface area contributed by atoms with Crippen LogP contribution in [0.4, 0.5) is 5.69 Å². The Bertz CT molecular complexity index is 317. The Morgan fingerprint density at radius 3 is 2.77 bits per heavy atom. The number of nitrogens with zero attached hydrogens (tertiary/aromatic N) is 2. The Hall–Kier alpha value is -1.53. The van der Waals surface area contributed by atoms with Crippen LogP contribution in [0.3, 0.4) is 0 Å². The highest BCUT2D eigenvalue weighted by molar-refractivity contribution is 5.50. The molecule has 1 aromatic carbocycles. The first-order valence-corrected chi connectivity index (χ1v) is 4.14. The smallest absolute Gasteiger partial charge is 0.0663 e. The van der Waals surface area contributed by atoms with E-state index in [1.54, 1.807) is 0 Å². The van der Waals surface area contributed by atoms with E-state index < -0.39 is 0 Å². The molecule has 0 aliphatic carbocycles. The Balaban J connectivity index is 2.72. The highest BCUT2D eigenvalue weighted by Crippen LogP contribution is 2.17. The Kier molecular flexibility index (Phi) is 3.30. The van der Waals surface area contributed by atoms with E-state index in [0.29, 0.717) is 13.0 Å². The molecule has 0 fully saturated rings. The molecule has 0 spiro atoms. The summed E-state index contributed by atoms with van der Waals surface area (Å²) < 4.78 is 0. The van der Waals surface area contributed by atoms with Gasteiger partial charge in [-0.2, -0.15) is 5.26 Å². The van der Waals surface area contributed by atoms with Crippen molar-refractivity contribution in [2.75, 3.05) is 11.6 Å². The monoisotopic (exact) mass is 176 g/mol. The summed E-state index contributed by atoms with van der Waals surface area (Å²) in [6, 6.07) is 9.51. The molecule has 1 rings (SSSR count). The van der Waals surface area contributed by atoms with Crippen LogP contribution in [0.1, 0.15) is 12.0 Å². The fourth-order valence-electron chi connectivity index (χ4n) is 1.13. The fraction of sp³-hybridized carbons (Fsp3) is 0.300. The molecule has 0 atom stereocenters. The van der Waals surface area contributed by atoms with Crippen LogP contribution in [0.25, 0.3) is 0 Å². The van der Waals surface area contributed by atoms with E-state index >= 15 is 0 Å². The minimum Gasteiger partial charge on any atom is -0.288 e. The highest BCUT2D eigenvalue weighted by Gasteiger charge is 2.03. The van der Waals surface area contributed by atoms with Gasteiger partial charge in [-0.3, -0.25) is 10.3 Å². The first-order chi connectivity index (χ1) is 6.25. The molecule has 0 bridgehead atoms. The maximum Gasteiger partial charge on any atom is 0.0663 e. The van der Waals surface area contributed by atoms with Crippen molar-refractivity contribution in [1.29, 1.82) is 5.26 Å². The number of aryl methyl sites for hydroxylation is 1. The lowest BCUT2D eigenvalue weighted by molar-refractivity contribution is 0.256. The Morgan fingerprint density at radius 2 is 2.15 bits per heavy atom. The fourth-order valence-corrected chi connectivity index (χ4v) is 1.13. The zero-order valence-electron chi connectivity index (χ0n) is 7.57. The molecule has 3 nitrogen and oxygen atoms in total. The minimum absolute atomic E-state index is 0.324. The number of hydrogen-bond acceptors (Lipinski definition) is 3. The summed E-state index contributed by atoms with van der Waals surface area (Å²) in [4.78, 5) is 0. The van der Waals surface area contributed by atoms with Gasteiger partial charge in [0.25, 0.3) is 0 Å². The third-order valence-corrected chi connectivity index (χ3v) is 1.83. The Labute approximate surface area is 77.8 Å². The molecule has 0 heterocycles. The predicted octanol–water partition coefficient (Wildman–Crippen LogP) is 2.10. The van der Waals surface area contributed by atoms with Gasteiger partial charge in [-0.05, 0) is 18.6 Å². The number of nitriles is 1. The minimum atomic E-state index is 0.324. The molecule has 68 valence electrons. The maximum atomic E-state index is 9.51. The molecule has 3 heteroatoms. The van der Waals surface area contributed by atoms with Gasteiger partial charge < -0.3 is 0 Å². The molecule has 0 saturated carbocycles. The van der Waals surface area contributed by atoms with Crippen LogP contribution in [0, 0.1) is 18.3 Å². The lowest BCUT2D eigenvalue weighted by Gasteiger charge is -2.17. The van der Waals surface area contributed by atoms with E-state index in [-0.39, 0.29) is 0 Å². The molecule has 0 aromatic heterocycles. The van der Waals surface area contributed by atoms with E-state index in [1.165, 1.54) is 0 Å². The summed E-state index contributed by atoms with van der Waals surface area (Å²) in [6.45, 7) is 2.27. The first-order valence-electron chi connectivity index (χ1n) is 4.14. The summed E-state index contributed by atoms with van der Waals surface area (Å²) in [5, 5.41) is 19.0. The van der Waals surface area contributed by atoms with Gasteiger partial charge in [0.15, 0.2) is 0 Å². The van der Waals surface area contributed by atoms with E-state index in [0.717, 1.165) is 16.3 Å². The van der Waals surface area contributed by atoms with E-state index in [9.17, 15) is 5.21 Å². The van der Waals surface area contributed by atoms with Crippen LogP contribution in [-0.4, -0.2) is 11.8 Å². The van der Waals surface area contributed by atoms with Crippen LogP contribution in [0.5, 0.6) is 0 Å². The van der Waals surface area contributed by atoms with Crippen molar-refractivity contribution in [2.45, 2.75) is 13.3 Å². The SMILES string of the molecule is Cc1ccccc1N(O)CCC#N. The van der Waals surface area contributed by atoms with Crippen molar-refractivity contribution in [3.05, 3.63) is 29.8 Å². The number of benzene rings is 1. The van der Waals surface area contributed by atoms with Crippen molar-refractivity contribution in [3.8, 4) is 6.07 Å². The van der Waals surface area contributed by atoms with E-state index in [1.807, 2.05) is 37.3 Å². The van der Waals surface area contributed by atoms with Crippen molar-refractivity contribution >= 4 is 5.69 Å². The number of rotatable bonds is 3. The van der Waals surface area contributed by atoms with Crippen LogP contribution in [0.2, 0.25) is 0 Å². The van der Waals surface area contributed by atoms with E-state index in [4.69, 9.17) is 5.26 Å². The lowest BCUT2D eigenvalue weighted by Crippen LogP contribution is -2.19. The quantitative estimate of drug-likeness (QED) is 0.717. The molecule has 0 saturated heterocycles. The summed E-state index contributed by atoms with van der Waals surface area (Å²) >= 11 is 0. The van der Waals surface area contributed by atoms with Gasteiger partial charge in [0.05, 0.1) is 24.7 Å². The molecule has 0 unspecified atom stereocenters. The van der Waals surface area contributed by atoms with Crippen molar-refractivity contribution in [3.63, 3.8) is 0 Å². The molecule has 0 radical (unpaired) electrons. The molecule has 13 heavy (non-hydrogen) atoms. The van der Waals surface area contributed by atoms with Crippen molar-refractivity contribution in [2.24, 2.45) is 0 Å². The van der Waals surface area contributed by atoms with Gasteiger partial charge >= 0.3 is 0 Å². The predicted molar refractivity (Wildman–Crippen MR) is 50.5 cm³/mol. The van der Waals surface area contributed by atoms with Crippen LogP contribution in [-0.2, 0) is 0 Å². The molecule has 0 aliphatic rings. The number of para-hydroxylation sites is 1. The highest BCUT2D eigenvalue weighted by atomic mass is 16.5. The third-order valence-electron chi connectivity index (χ3n) is 1.83. The summed E-state index contributed by atoms with van der Waals surface area (Å²) in [5.41, 5.74) is 1.76. The standard InChI is InChI=1S/C10H12N2O/c1-9-5-2-3-6-10(9)12(13)8-4-7-11/h2-3,5-6,13H,4,8H2,1H3. The van der Waals surface area contributed by atoms with E-state index in [2.05, 4.69) is 0 Å². The van der Waals surface area contributed by atoms with Gasteiger partial charge in [-0.15, -0.1) is 0 Å². The van der Waals surface area contributed by atoms with Crippen molar-refractivity contribution in [1.82, 2.24) is 0 Å². The average Bonchev–Trinajstić information content (AvgIpc) is 2.15. The van der Waals surface area contributed by atoms with Crippen LogP contribution < -0.4 is 5.06 Å². The van der Waals surface area contributed by atoms with Gasteiger partial charge in [-0.1, -0.05) is 18.2 Å². The zero-order valence-corrected chi connectivity index (χ0v) is 7.57. The first kappa shape index (κ1) is 9.56. The maximum absolute atomic E-state index is 9.51. The molecule has 1 N–H and O–H groups in total. The topological polar surface area (TPSA) is 47.3 Å². The van der Waals surface area contributed by atoms with Crippen LogP contribution >= 0.6 is 0 Å². The molecule has 0 aliphatic heterocycles. The van der Waals surface area contributed by atoms with Gasteiger partial charge in [0.1, 0.15) is 0 Å². The number of anilines is 1. The average molecular weight is 176 g/mol. The Morgan fingerprint density at radius 1 is 1.46 bits per heavy atom. The normalized spacial score (nSPS) is 9.31. The van der Waals surface area contributed by atoms with Gasteiger partial charge in [0, 0.05) is 0 Å². The summed E-state index contributed by atoms with van der Waals surface area (Å²) in [5.74, 6) is 0. The molecule has 1 aromatic rings. The van der Waals surface area contributed by atoms with Crippen LogP contribution in [0.15, 0.2) is 24.3 Å². The molecule has 0 amide bonds. The van der Waals surface area contributed by atoms with Crippen molar-refractivity contribution < 1.29 is 5.21 Å². The molecular weight excluding hydrogens is 164 g/mol. The third kappa shape index (κ3) is 2.46. The van der Waals surface area contributed by atoms with Gasteiger partial charge in [0.2, 0.25) is 0 Å². The summed E-state index contributed by atoms with van der Waals surface area (Å²) in [7, 11) is 0.